The molecular formula is C14H16BrN3O4S. The van der Waals surface area contributed by atoms with Crippen molar-refractivity contribution in [2.75, 3.05) is 18.1 Å². The summed E-state index contributed by atoms with van der Waals surface area (Å²) in [6.45, 7) is 0.329. The van der Waals surface area contributed by atoms with Crippen molar-refractivity contribution < 1.29 is 18.0 Å². The molecule has 0 radical (unpaired) electrons. The molecule has 9 heteroatoms. The largest absolute Gasteiger partial charge is 0.326 e. The van der Waals surface area contributed by atoms with Gasteiger partial charge in [-0.05, 0) is 31.0 Å². The minimum atomic E-state index is -3.35. The summed E-state index contributed by atoms with van der Waals surface area (Å²) in [4.78, 5) is 26.7. The normalized spacial score (nSPS) is 24.5. The first kappa shape index (κ1) is 16.4. The number of nitrogens with zero attached hydrogens (tertiary/aromatic N) is 1. The van der Waals surface area contributed by atoms with Crippen LogP contribution in [-0.2, 0) is 14.8 Å². The maximum absolute atomic E-state index is 12.7. The highest BCUT2D eigenvalue weighted by Gasteiger charge is 2.40. The van der Waals surface area contributed by atoms with Gasteiger partial charge in [0.1, 0.15) is 6.04 Å². The lowest BCUT2D eigenvalue weighted by molar-refractivity contribution is -0.121. The van der Waals surface area contributed by atoms with Crippen molar-refractivity contribution in [3.8, 4) is 0 Å². The molecule has 0 aromatic heterocycles. The number of halogens is 1. The second-order valence-corrected chi connectivity index (χ2v) is 8.50. The molecule has 3 rings (SSSR count). The molecule has 2 heterocycles. The van der Waals surface area contributed by atoms with Crippen molar-refractivity contribution in [3.05, 3.63) is 28.2 Å². The molecule has 2 unspecified atom stereocenters. The van der Waals surface area contributed by atoms with E-state index in [1.54, 1.807) is 18.2 Å². The third-order valence-electron chi connectivity index (χ3n) is 4.02. The number of amides is 2. The minimum Gasteiger partial charge on any atom is -0.326 e. The molecule has 0 saturated carbocycles. The molecule has 1 aromatic carbocycles. The zero-order valence-corrected chi connectivity index (χ0v) is 14.8. The van der Waals surface area contributed by atoms with Crippen LogP contribution < -0.4 is 10.0 Å². The lowest BCUT2D eigenvalue weighted by Gasteiger charge is -2.37. The van der Waals surface area contributed by atoms with Gasteiger partial charge in [0, 0.05) is 17.1 Å². The van der Waals surface area contributed by atoms with E-state index in [1.807, 2.05) is 0 Å². The van der Waals surface area contributed by atoms with Crippen molar-refractivity contribution in [3.63, 3.8) is 0 Å². The number of benzene rings is 1. The van der Waals surface area contributed by atoms with E-state index in [2.05, 4.69) is 26.0 Å². The van der Waals surface area contributed by atoms with E-state index < -0.39 is 16.1 Å². The first-order chi connectivity index (χ1) is 10.7. The van der Waals surface area contributed by atoms with Gasteiger partial charge in [-0.15, -0.1) is 0 Å². The fourth-order valence-electron chi connectivity index (χ4n) is 3.04. The first-order valence-electron chi connectivity index (χ1n) is 7.13. The van der Waals surface area contributed by atoms with E-state index in [4.69, 9.17) is 0 Å². The predicted octanol–water partition coefficient (Wildman–Crippen LogP) is 0.924. The molecule has 2 atom stereocenters. The zero-order valence-electron chi connectivity index (χ0n) is 12.4. The van der Waals surface area contributed by atoms with Crippen molar-refractivity contribution in [1.29, 1.82) is 0 Å². The summed E-state index contributed by atoms with van der Waals surface area (Å²) in [7, 11) is -3.35. The molecule has 2 aliphatic rings. The number of fused-ring (bicyclic) bond motifs is 2. The average molecular weight is 402 g/mol. The van der Waals surface area contributed by atoms with Crippen LogP contribution in [0.25, 0.3) is 0 Å². The number of sulfonamides is 1. The van der Waals surface area contributed by atoms with Crippen LogP contribution >= 0.6 is 15.9 Å². The molecule has 1 aromatic rings. The first-order valence-corrected chi connectivity index (χ1v) is 9.82. The molecule has 1 saturated heterocycles. The second-order valence-electron chi connectivity index (χ2n) is 5.80. The van der Waals surface area contributed by atoms with Crippen LogP contribution in [0.15, 0.2) is 22.7 Å². The molecule has 23 heavy (non-hydrogen) atoms. The van der Waals surface area contributed by atoms with Gasteiger partial charge >= 0.3 is 0 Å². The number of hydrogen-bond acceptors (Lipinski definition) is 4. The van der Waals surface area contributed by atoms with Gasteiger partial charge in [-0.3, -0.25) is 9.59 Å². The van der Waals surface area contributed by atoms with Gasteiger partial charge in [0.2, 0.25) is 15.9 Å². The fraction of sp³-hybridized carbons (Fsp3) is 0.429. The maximum Gasteiger partial charge on any atom is 0.256 e. The molecule has 2 amide bonds. The molecule has 124 valence electrons. The van der Waals surface area contributed by atoms with E-state index in [1.165, 1.54) is 4.90 Å². The Kier molecular flexibility index (Phi) is 4.19. The van der Waals surface area contributed by atoms with Crippen molar-refractivity contribution in [2.45, 2.75) is 24.9 Å². The predicted molar refractivity (Wildman–Crippen MR) is 88.6 cm³/mol. The Labute approximate surface area is 142 Å². The third kappa shape index (κ3) is 3.41. The topological polar surface area (TPSA) is 95.6 Å². The van der Waals surface area contributed by atoms with Gasteiger partial charge in [0.05, 0.1) is 17.5 Å². The van der Waals surface area contributed by atoms with E-state index in [0.29, 0.717) is 24.2 Å². The zero-order chi connectivity index (χ0) is 16.8. The standard InChI is InChI=1S/C14H16BrN3O4S/c1-23(21,22)17-9-4-5-18-12(7-9)13(19)16-11-3-2-8(15)6-10(11)14(18)20/h2-3,6,9,12,17H,4-5,7H2,1H3,(H,16,19). The fourth-order valence-corrected chi connectivity index (χ4v) is 4.22. The maximum atomic E-state index is 12.7. The van der Waals surface area contributed by atoms with E-state index in [0.717, 1.165) is 10.7 Å². The molecule has 1 fully saturated rings. The summed E-state index contributed by atoms with van der Waals surface area (Å²) in [5.41, 5.74) is 0.912. The van der Waals surface area contributed by atoms with Gasteiger partial charge in [0.25, 0.3) is 5.91 Å². The van der Waals surface area contributed by atoms with E-state index in [-0.39, 0.29) is 24.3 Å². The summed E-state index contributed by atoms with van der Waals surface area (Å²) in [5.74, 6) is -0.512. The molecule has 7 nitrogen and oxygen atoms in total. The van der Waals surface area contributed by atoms with E-state index >= 15 is 0 Å². The Morgan fingerprint density at radius 2 is 2.09 bits per heavy atom. The summed E-state index contributed by atoms with van der Waals surface area (Å²) >= 11 is 3.33. The van der Waals surface area contributed by atoms with Crippen LogP contribution in [0.2, 0.25) is 0 Å². The Hall–Kier alpha value is -1.45. The van der Waals surface area contributed by atoms with Crippen LogP contribution in [0.5, 0.6) is 0 Å². The van der Waals surface area contributed by atoms with Crippen molar-refractivity contribution in [2.24, 2.45) is 0 Å². The Bertz CT molecular complexity index is 780. The Balaban J connectivity index is 1.90. The number of nitrogens with one attached hydrogen (secondary N) is 2. The SMILES string of the molecule is CS(=O)(=O)NC1CCN2C(=O)c3cc(Br)ccc3NC(=O)C2C1. The number of hydrogen-bond donors (Lipinski definition) is 2. The van der Waals surface area contributed by atoms with Crippen LogP contribution in [0.1, 0.15) is 23.2 Å². The van der Waals surface area contributed by atoms with Crippen LogP contribution in [-0.4, -0.2) is 50.0 Å². The lowest BCUT2D eigenvalue weighted by atomic mass is 9.97. The highest BCUT2D eigenvalue weighted by atomic mass is 79.9. The van der Waals surface area contributed by atoms with Gasteiger partial charge in [-0.25, -0.2) is 13.1 Å². The molecule has 0 bridgehead atoms. The molecule has 2 aliphatic heterocycles. The molecular weight excluding hydrogens is 386 g/mol. The molecule has 2 N–H and O–H groups in total. The quantitative estimate of drug-likeness (QED) is 0.769. The van der Waals surface area contributed by atoms with Gasteiger partial charge in [-0.1, -0.05) is 15.9 Å². The van der Waals surface area contributed by atoms with Crippen molar-refractivity contribution >= 4 is 43.5 Å². The second kappa shape index (κ2) is 5.88. The number of rotatable bonds is 2. The molecule has 0 aliphatic carbocycles. The highest BCUT2D eigenvalue weighted by molar-refractivity contribution is 9.10. The van der Waals surface area contributed by atoms with Crippen LogP contribution in [0.4, 0.5) is 5.69 Å². The number of carbonyl (C=O) groups excluding carboxylic acids is 2. The summed E-state index contributed by atoms with van der Waals surface area (Å²) < 4.78 is 26.1. The van der Waals surface area contributed by atoms with Crippen LogP contribution in [0.3, 0.4) is 0 Å². The number of anilines is 1. The Morgan fingerprint density at radius 1 is 1.35 bits per heavy atom. The van der Waals surface area contributed by atoms with E-state index in [9.17, 15) is 18.0 Å². The summed E-state index contributed by atoms with van der Waals surface area (Å²) in [5, 5.41) is 2.76. The summed E-state index contributed by atoms with van der Waals surface area (Å²) in [6, 6.07) is 4.09. The summed E-state index contributed by atoms with van der Waals surface area (Å²) in [6.07, 6.45) is 1.83. The molecule has 0 spiro atoms. The van der Waals surface area contributed by atoms with Crippen molar-refractivity contribution in [1.82, 2.24) is 9.62 Å². The van der Waals surface area contributed by atoms with Gasteiger partial charge in [0.15, 0.2) is 0 Å². The average Bonchev–Trinajstić information content (AvgIpc) is 2.55. The monoisotopic (exact) mass is 401 g/mol. The number of carbonyl (C=O) groups is 2. The number of piperidine rings is 1. The Morgan fingerprint density at radius 3 is 2.78 bits per heavy atom. The smallest absolute Gasteiger partial charge is 0.256 e. The van der Waals surface area contributed by atoms with Gasteiger partial charge in [-0.2, -0.15) is 0 Å². The highest BCUT2D eigenvalue weighted by Crippen LogP contribution is 2.30. The van der Waals surface area contributed by atoms with Crippen LogP contribution in [0, 0.1) is 0 Å². The lowest BCUT2D eigenvalue weighted by Crippen LogP contribution is -2.54. The van der Waals surface area contributed by atoms with Gasteiger partial charge < -0.3 is 10.2 Å². The minimum absolute atomic E-state index is 0.220. The third-order valence-corrected chi connectivity index (χ3v) is 5.27.